The van der Waals surface area contributed by atoms with Crippen LogP contribution in [0, 0.1) is 5.92 Å². The molecule has 1 aromatic carbocycles. The number of nitrogens with zero attached hydrogens (tertiary/aromatic N) is 1. The first-order valence-electron chi connectivity index (χ1n) is 6.09. The molecule has 1 aliphatic heterocycles. The molecule has 0 radical (unpaired) electrons. The van der Waals surface area contributed by atoms with Crippen LogP contribution in [0.15, 0.2) is 18.2 Å². The van der Waals surface area contributed by atoms with E-state index in [4.69, 9.17) is 17.3 Å². The van der Waals surface area contributed by atoms with E-state index in [1.807, 2.05) is 0 Å². The maximum absolute atomic E-state index is 12.3. The second kappa shape index (κ2) is 5.59. The zero-order valence-electron chi connectivity index (χ0n) is 10.1. The molecule has 1 fully saturated rings. The molecule has 1 atom stereocenters. The van der Waals surface area contributed by atoms with Gasteiger partial charge in [0.05, 0.1) is 5.56 Å². The molecule has 1 aliphatic rings. The first-order chi connectivity index (χ1) is 8.61. The first kappa shape index (κ1) is 13.2. The summed E-state index contributed by atoms with van der Waals surface area (Å²) in [6.45, 7) is 1.98. The van der Waals surface area contributed by atoms with Crippen molar-refractivity contribution in [1.82, 2.24) is 4.90 Å². The van der Waals surface area contributed by atoms with Gasteiger partial charge in [0, 0.05) is 18.1 Å². The second-order valence-electron chi connectivity index (χ2n) is 4.66. The Hall–Kier alpha value is -1.26. The molecule has 0 aliphatic carbocycles. The lowest BCUT2D eigenvalue weighted by molar-refractivity contribution is 0.0675. The summed E-state index contributed by atoms with van der Waals surface area (Å²) in [5.41, 5.74) is 5.95. The molecule has 98 valence electrons. The van der Waals surface area contributed by atoms with Crippen LogP contribution in [0.25, 0.3) is 0 Å². The number of aromatic hydroxyl groups is 1. The van der Waals surface area contributed by atoms with E-state index in [-0.39, 0.29) is 11.7 Å². The first-order valence-corrected chi connectivity index (χ1v) is 6.47. The molecule has 4 nitrogen and oxygen atoms in total. The van der Waals surface area contributed by atoms with Gasteiger partial charge in [0.15, 0.2) is 0 Å². The Balaban J connectivity index is 2.15. The number of carbonyl (C=O) groups is 1. The molecule has 0 aromatic heterocycles. The topological polar surface area (TPSA) is 66.6 Å². The maximum atomic E-state index is 12.3. The number of nitrogens with two attached hydrogens (primary N) is 1. The lowest BCUT2D eigenvalue weighted by Gasteiger charge is -2.32. The number of likely N-dealkylation sites (tertiary alicyclic amines) is 1. The van der Waals surface area contributed by atoms with E-state index in [1.54, 1.807) is 17.0 Å². The summed E-state index contributed by atoms with van der Waals surface area (Å²) in [4.78, 5) is 14.0. The Morgan fingerprint density at radius 1 is 1.56 bits per heavy atom. The summed E-state index contributed by atoms with van der Waals surface area (Å²) in [6, 6.07) is 4.56. The maximum Gasteiger partial charge on any atom is 0.257 e. The van der Waals surface area contributed by atoms with Crippen LogP contribution >= 0.6 is 11.6 Å². The van der Waals surface area contributed by atoms with Crippen molar-refractivity contribution in [2.75, 3.05) is 19.6 Å². The quantitative estimate of drug-likeness (QED) is 0.860. The number of carbonyl (C=O) groups excluding carboxylic acids is 1. The van der Waals surface area contributed by atoms with Crippen LogP contribution in [-0.4, -0.2) is 35.5 Å². The number of phenols is 1. The van der Waals surface area contributed by atoms with Crippen molar-refractivity contribution >= 4 is 17.5 Å². The molecule has 0 spiro atoms. The van der Waals surface area contributed by atoms with Gasteiger partial charge in [-0.3, -0.25) is 4.79 Å². The van der Waals surface area contributed by atoms with Crippen molar-refractivity contribution in [2.24, 2.45) is 11.7 Å². The van der Waals surface area contributed by atoms with Gasteiger partial charge in [-0.25, -0.2) is 0 Å². The zero-order valence-corrected chi connectivity index (χ0v) is 10.9. The Morgan fingerprint density at radius 2 is 2.33 bits per heavy atom. The molecule has 0 bridgehead atoms. The number of hydrogen-bond donors (Lipinski definition) is 2. The van der Waals surface area contributed by atoms with Gasteiger partial charge in [0.25, 0.3) is 5.91 Å². The molecule has 1 unspecified atom stereocenters. The van der Waals surface area contributed by atoms with Crippen LogP contribution in [0.5, 0.6) is 5.75 Å². The second-order valence-corrected chi connectivity index (χ2v) is 5.09. The van der Waals surface area contributed by atoms with Gasteiger partial charge in [0.2, 0.25) is 0 Å². The third-order valence-corrected chi connectivity index (χ3v) is 3.56. The Morgan fingerprint density at radius 3 is 3.00 bits per heavy atom. The molecule has 1 amide bonds. The normalized spacial score (nSPS) is 19.9. The van der Waals surface area contributed by atoms with Crippen molar-refractivity contribution in [3.63, 3.8) is 0 Å². The van der Waals surface area contributed by atoms with E-state index < -0.39 is 0 Å². The number of amides is 1. The average Bonchev–Trinajstić information content (AvgIpc) is 2.38. The van der Waals surface area contributed by atoms with E-state index in [0.717, 1.165) is 19.4 Å². The minimum Gasteiger partial charge on any atom is -0.507 e. The SMILES string of the molecule is NCC1CCCN(C(=O)c2ccc(Cl)cc2O)C1. The molecule has 3 N–H and O–H groups in total. The Labute approximate surface area is 111 Å². The largest absolute Gasteiger partial charge is 0.507 e. The fourth-order valence-corrected chi connectivity index (χ4v) is 2.46. The molecule has 0 saturated carbocycles. The number of halogens is 1. The van der Waals surface area contributed by atoms with Gasteiger partial charge in [-0.15, -0.1) is 0 Å². The third kappa shape index (κ3) is 2.76. The Bertz CT molecular complexity index is 451. The van der Waals surface area contributed by atoms with Crippen LogP contribution in [0.3, 0.4) is 0 Å². The summed E-state index contributed by atoms with van der Waals surface area (Å²) >= 11 is 5.75. The summed E-state index contributed by atoms with van der Waals surface area (Å²) in [7, 11) is 0. The zero-order chi connectivity index (χ0) is 13.1. The molecular formula is C13H17ClN2O2. The van der Waals surface area contributed by atoms with Crippen molar-refractivity contribution in [3.05, 3.63) is 28.8 Å². The minimum absolute atomic E-state index is 0.0672. The highest BCUT2D eigenvalue weighted by Crippen LogP contribution is 2.25. The smallest absolute Gasteiger partial charge is 0.257 e. The lowest BCUT2D eigenvalue weighted by Crippen LogP contribution is -2.42. The third-order valence-electron chi connectivity index (χ3n) is 3.33. The van der Waals surface area contributed by atoms with Crippen LogP contribution in [0.4, 0.5) is 0 Å². The molecule has 1 aromatic rings. The van der Waals surface area contributed by atoms with Crippen molar-refractivity contribution in [2.45, 2.75) is 12.8 Å². The van der Waals surface area contributed by atoms with Gasteiger partial charge in [0.1, 0.15) is 5.75 Å². The van der Waals surface area contributed by atoms with Gasteiger partial charge in [-0.05, 0) is 43.5 Å². The fraction of sp³-hybridized carbons (Fsp3) is 0.462. The van der Waals surface area contributed by atoms with Gasteiger partial charge in [-0.1, -0.05) is 11.6 Å². The highest BCUT2D eigenvalue weighted by atomic mass is 35.5. The van der Waals surface area contributed by atoms with E-state index >= 15 is 0 Å². The molecule has 5 heteroatoms. The molecule has 18 heavy (non-hydrogen) atoms. The molecule has 2 rings (SSSR count). The minimum atomic E-state index is -0.151. The average molecular weight is 269 g/mol. The molecule has 1 saturated heterocycles. The van der Waals surface area contributed by atoms with Crippen molar-refractivity contribution in [3.8, 4) is 5.75 Å². The van der Waals surface area contributed by atoms with E-state index in [1.165, 1.54) is 6.07 Å². The number of hydrogen-bond acceptors (Lipinski definition) is 3. The highest BCUT2D eigenvalue weighted by Gasteiger charge is 2.25. The van der Waals surface area contributed by atoms with Crippen molar-refractivity contribution in [1.29, 1.82) is 0 Å². The fourth-order valence-electron chi connectivity index (χ4n) is 2.30. The van der Waals surface area contributed by atoms with E-state index in [2.05, 4.69) is 0 Å². The predicted molar refractivity (Wildman–Crippen MR) is 70.8 cm³/mol. The number of phenolic OH excluding ortho intramolecular Hbond substituents is 1. The van der Waals surface area contributed by atoms with Gasteiger partial charge in [-0.2, -0.15) is 0 Å². The van der Waals surface area contributed by atoms with E-state index in [9.17, 15) is 9.90 Å². The summed E-state index contributed by atoms with van der Waals surface area (Å²) < 4.78 is 0. The van der Waals surface area contributed by atoms with Crippen LogP contribution in [-0.2, 0) is 0 Å². The van der Waals surface area contributed by atoms with Crippen LogP contribution < -0.4 is 5.73 Å². The van der Waals surface area contributed by atoms with E-state index in [0.29, 0.717) is 29.6 Å². The number of benzene rings is 1. The Kier molecular flexibility index (Phi) is 4.09. The van der Waals surface area contributed by atoms with Crippen molar-refractivity contribution < 1.29 is 9.90 Å². The highest BCUT2D eigenvalue weighted by molar-refractivity contribution is 6.30. The summed E-state index contributed by atoms with van der Waals surface area (Å²) in [5, 5.41) is 10.2. The van der Waals surface area contributed by atoms with Gasteiger partial charge >= 0.3 is 0 Å². The predicted octanol–water partition coefficient (Wildman–Crippen LogP) is 1.86. The number of rotatable bonds is 2. The standard InChI is InChI=1S/C13H17ClN2O2/c14-10-3-4-11(12(17)6-10)13(18)16-5-1-2-9(7-15)8-16/h3-4,6,9,17H,1-2,5,7-8,15H2. The van der Waals surface area contributed by atoms with Gasteiger partial charge < -0.3 is 15.7 Å². The summed E-state index contributed by atoms with van der Waals surface area (Å²) in [5.74, 6) is 0.141. The molecular weight excluding hydrogens is 252 g/mol. The summed E-state index contributed by atoms with van der Waals surface area (Å²) in [6.07, 6.45) is 2.02. The lowest BCUT2D eigenvalue weighted by atomic mass is 9.97. The van der Waals surface area contributed by atoms with Crippen LogP contribution in [0.1, 0.15) is 23.2 Å². The monoisotopic (exact) mass is 268 g/mol. The number of piperidine rings is 1. The van der Waals surface area contributed by atoms with Crippen LogP contribution in [0.2, 0.25) is 5.02 Å². The molecule has 1 heterocycles.